The van der Waals surface area contributed by atoms with E-state index in [1.807, 2.05) is 12.1 Å². The van der Waals surface area contributed by atoms with E-state index in [1.54, 1.807) is 12.1 Å². The molecule has 3 nitrogen and oxygen atoms in total. The molecule has 0 saturated carbocycles. The fraction of sp³-hybridized carbons (Fsp3) is 0.412. The lowest BCUT2D eigenvalue weighted by molar-refractivity contribution is 0.0127. The molecule has 1 saturated heterocycles. The van der Waals surface area contributed by atoms with Gasteiger partial charge in [-0.05, 0) is 56.2 Å². The molecule has 0 spiro atoms. The van der Waals surface area contributed by atoms with Crippen LogP contribution in [-0.2, 0) is 11.3 Å². The quantitative estimate of drug-likeness (QED) is 0.931. The molecule has 4 heteroatoms. The minimum absolute atomic E-state index is 0.235. The molecule has 2 aromatic rings. The molecule has 0 radical (unpaired) electrons. The van der Waals surface area contributed by atoms with Gasteiger partial charge >= 0.3 is 0 Å². The summed E-state index contributed by atoms with van der Waals surface area (Å²) >= 11 is 0. The fourth-order valence-electron chi connectivity index (χ4n) is 2.67. The summed E-state index contributed by atoms with van der Waals surface area (Å²) in [6.45, 7) is 3.63. The Kier molecular flexibility index (Phi) is 4.36. The van der Waals surface area contributed by atoms with Crippen molar-refractivity contribution in [2.24, 2.45) is 0 Å². The third-order valence-electron chi connectivity index (χ3n) is 3.84. The number of hydrogen-bond acceptors (Lipinski definition) is 3. The maximum absolute atomic E-state index is 12.9. The molecule has 1 fully saturated rings. The maximum atomic E-state index is 12.9. The van der Waals surface area contributed by atoms with Crippen LogP contribution in [0, 0.1) is 5.82 Å². The van der Waals surface area contributed by atoms with Gasteiger partial charge in [0, 0.05) is 18.2 Å². The molecule has 1 aromatic carbocycles. The highest BCUT2D eigenvalue weighted by atomic mass is 19.1. The van der Waals surface area contributed by atoms with E-state index >= 15 is 0 Å². The summed E-state index contributed by atoms with van der Waals surface area (Å²) in [7, 11) is 0. The zero-order valence-electron chi connectivity index (χ0n) is 12.1. The molecule has 2 heterocycles. The lowest BCUT2D eigenvalue weighted by Gasteiger charge is -2.27. The number of nitrogens with one attached hydrogen (secondary N) is 1. The predicted molar refractivity (Wildman–Crippen MR) is 79.4 cm³/mol. The maximum Gasteiger partial charge on any atom is 0.134 e. The molecule has 0 aliphatic carbocycles. The number of furan rings is 1. The first-order valence-corrected chi connectivity index (χ1v) is 7.40. The van der Waals surface area contributed by atoms with E-state index < -0.39 is 0 Å². The van der Waals surface area contributed by atoms with E-state index in [-0.39, 0.29) is 5.82 Å². The number of benzene rings is 1. The van der Waals surface area contributed by atoms with Crippen molar-refractivity contribution in [3.05, 3.63) is 48.0 Å². The third-order valence-corrected chi connectivity index (χ3v) is 3.84. The van der Waals surface area contributed by atoms with Crippen LogP contribution in [0.4, 0.5) is 4.39 Å². The van der Waals surface area contributed by atoms with Crippen molar-refractivity contribution in [2.75, 3.05) is 6.61 Å². The molecular formula is C17H20FNO2. The molecule has 3 rings (SSSR count). The van der Waals surface area contributed by atoms with Crippen LogP contribution in [0.25, 0.3) is 11.3 Å². The Labute approximate surface area is 124 Å². The predicted octanol–water partition coefficient (Wildman–Crippen LogP) is 3.74. The van der Waals surface area contributed by atoms with Crippen molar-refractivity contribution in [1.82, 2.24) is 5.32 Å². The summed E-state index contributed by atoms with van der Waals surface area (Å²) in [5, 5.41) is 3.51. The Balaban J connectivity index is 1.59. The van der Waals surface area contributed by atoms with Crippen LogP contribution in [0.2, 0.25) is 0 Å². The van der Waals surface area contributed by atoms with Gasteiger partial charge in [-0.3, -0.25) is 0 Å². The second kappa shape index (κ2) is 6.41. The number of hydrogen-bond donors (Lipinski definition) is 1. The summed E-state index contributed by atoms with van der Waals surface area (Å²) in [6, 6.07) is 10.7. The lowest BCUT2D eigenvalue weighted by atomic mass is 10.0. The monoisotopic (exact) mass is 289 g/mol. The first-order valence-electron chi connectivity index (χ1n) is 7.40. The Morgan fingerprint density at radius 1 is 1.19 bits per heavy atom. The van der Waals surface area contributed by atoms with Gasteiger partial charge in [0.2, 0.25) is 0 Å². The highest BCUT2D eigenvalue weighted by Crippen LogP contribution is 2.22. The molecule has 1 aliphatic rings. The minimum atomic E-state index is -0.235. The normalized spacial score (nSPS) is 22.4. The average molecular weight is 289 g/mol. The van der Waals surface area contributed by atoms with Crippen molar-refractivity contribution in [3.63, 3.8) is 0 Å². The molecule has 112 valence electrons. The van der Waals surface area contributed by atoms with Crippen LogP contribution in [0.3, 0.4) is 0 Å². The molecule has 0 bridgehead atoms. The van der Waals surface area contributed by atoms with Crippen molar-refractivity contribution < 1.29 is 13.5 Å². The van der Waals surface area contributed by atoms with Gasteiger partial charge in [-0.2, -0.15) is 0 Å². The topological polar surface area (TPSA) is 34.4 Å². The van der Waals surface area contributed by atoms with E-state index in [4.69, 9.17) is 9.15 Å². The molecule has 1 N–H and O–H groups in total. The standard InChI is InChI=1S/C17H20FNO2/c1-12-10-15(8-9-20-12)19-11-16-6-7-17(21-16)13-2-4-14(18)5-3-13/h2-7,12,15,19H,8-11H2,1H3. The zero-order chi connectivity index (χ0) is 14.7. The van der Waals surface area contributed by atoms with Crippen LogP contribution in [0.5, 0.6) is 0 Å². The fourth-order valence-corrected chi connectivity index (χ4v) is 2.67. The van der Waals surface area contributed by atoms with Crippen LogP contribution in [-0.4, -0.2) is 18.8 Å². The van der Waals surface area contributed by atoms with Gasteiger partial charge < -0.3 is 14.5 Å². The lowest BCUT2D eigenvalue weighted by Crippen LogP contribution is -2.37. The molecule has 0 amide bonds. The average Bonchev–Trinajstić information content (AvgIpc) is 2.95. The van der Waals surface area contributed by atoms with Crippen molar-refractivity contribution >= 4 is 0 Å². The smallest absolute Gasteiger partial charge is 0.134 e. The van der Waals surface area contributed by atoms with E-state index in [0.717, 1.165) is 36.5 Å². The van der Waals surface area contributed by atoms with Crippen molar-refractivity contribution in [2.45, 2.75) is 38.5 Å². The van der Waals surface area contributed by atoms with E-state index in [2.05, 4.69) is 12.2 Å². The SMILES string of the molecule is CC1CC(NCc2ccc(-c3ccc(F)cc3)o2)CCO1. The highest BCUT2D eigenvalue weighted by Gasteiger charge is 2.19. The van der Waals surface area contributed by atoms with Gasteiger partial charge in [0.25, 0.3) is 0 Å². The van der Waals surface area contributed by atoms with E-state index in [1.165, 1.54) is 12.1 Å². The Morgan fingerprint density at radius 2 is 2.00 bits per heavy atom. The number of ether oxygens (including phenoxy) is 1. The largest absolute Gasteiger partial charge is 0.460 e. The van der Waals surface area contributed by atoms with Crippen molar-refractivity contribution in [1.29, 1.82) is 0 Å². The first-order chi connectivity index (χ1) is 10.2. The van der Waals surface area contributed by atoms with Crippen molar-refractivity contribution in [3.8, 4) is 11.3 Å². The van der Waals surface area contributed by atoms with Gasteiger partial charge in [-0.25, -0.2) is 4.39 Å². The molecule has 2 atom stereocenters. The molecular weight excluding hydrogens is 269 g/mol. The van der Waals surface area contributed by atoms with Crippen LogP contribution < -0.4 is 5.32 Å². The summed E-state index contributed by atoms with van der Waals surface area (Å²) < 4.78 is 24.3. The van der Waals surface area contributed by atoms with Gasteiger partial charge in [-0.1, -0.05) is 0 Å². The number of halogens is 1. The second-order valence-electron chi connectivity index (χ2n) is 5.56. The Hall–Kier alpha value is -1.65. The summed E-state index contributed by atoms with van der Waals surface area (Å²) in [6.07, 6.45) is 2.39. The van der Waals surface area contributed by atoms with Gasteiger partial charge in [-0.15, -0.1) is 0 Å². The first kappa shape index (κ1) is 14.3. The summed E-state index contributed by atoms with van der Waals surface area (Å²) in [5.41, 5.74) is 0.891. The molecule has 2 unspecified atom stereocenters. The summed E-state index contributed by atoms with van der Waals surface area (Å²) in [5.74, 6) is 1.43. The third kappa shape index (κ3) is 3.71. The molecule has 1 aromatic heterocycles. The van der Waals surface area contributed by atoms with Crippen LogP contribution in [0.15, 0.2) is 40.8 Å². The Morgan fingerprint density at radius 3 is 2.76 bits per heavy atom. The van der Waals surface area contributed by atoms with E-state index in [0.29, 0.717) is 18.7 Å². The van der Waals surface area contributed by atoms with Crippen LogP contribution in [0.1, 0.15) is 25.5 Å². The molecule has 1 aliphatic heterocycles. The molecule has 21 heavy (non-hydrogen) atoms. The second-order valence-corrected chi connectivity index (χ2v) is 5.56. The summed E-state index contributed by atoms with van der Waals surface area (Å²) in [4.78, 5) is 0. The van der Waals surface area contributed by atoms with Gasteiger partial charge in [0.05, 0.1) is 12.6 Å². The Bertz CT molecular complexity index is 579. The zero-order valence-corrected chi connectivity index (χ0v) is 12.1. The highest BCUT2D eigenvalue weighted by molar-refractivity contribution is 5.57. The number of rotatable bonds is 4. The van der Waals surface area contributed by atoms with Gasteiger partial charge in [0.1, 0.15) is 17.3 Å². The van der Waals surface area contributed by atoms with E-state index in [9.17, 15) is 4.39 Å². The van der Waals surface area contributed by atoms with Crippen LogP contribution >= 0.6 is 0 Å². The minimum Gasteiger partial charge on any atom is -0.460 e. The van der Waals surface area contributed by atoms with Gasteiger partial charge in [0.15, 0.2) is 0 Å².